The van der Waals surface area contributed by atoms with E-state index in [-0.39, 0.29) is 48.6 Å². The number of carboxylic acid groups (broad SMARTS) is 1. The maximum Gasteiger partial charge on any atom is 0.308 e. The minimum Gasteiger partial charge on any atom is -0.481 e. The number of esters is 1. The lowest BCUT2D eigenvalue weighted by Gasteiger charge is -2.43. The molecule has 8 atom stereocenters. The Hall–Kier alpha value is -1.70. The molecular weight excluding hydrogens is 436 g/mol. The van der Waals surface area contributed by atoms with E-state index in [2.05, 4.69) is 13.0 Å². The van der Waals surface area contributed by atoms with Crippen molar-refractivity contribution in [1.82, 2.24) is 0 Å². The highest BCUT2D eigenvalue weighted by Crippen LogP contribution is 2.44. The van der Waals surface area contributed by atoms with Gasteiger partial charge in [0.1, 0.15) is 6.10 Å². The molecule has 7 heteroatoms. The molecule has 194 valence electrons. The molecule has 0 saturated heterocycles. The molecule has 0 bridgehead atoms. The molecule has 7 nitrogen and oxygen atoms in total. The average Bonchev–Trinajstić information content (AvgIpc) is 2.70. The van der Waals surface area contributed by atoms with Crippen LogP contribution >= 0.6 is 0 Å². The monoisotopic (exact) mass is 480 g/mol. The number of ether oxygens (including phenoxy) is 2. The van der Waals surface area contributed by atoms with E-state index in [1.54, 1.807) is 0 Å². The summed E-state index contributed by atoms with van der Waals surface area (Å²) in [6.07, 6.45) is 6.16. The van der Waals surface area contributed by atoms with E-state index < -0.39 is 29.9 Å². The molecule has 0 aromatic rings. The van der Waals surface area contributed by atoms with Crippen LogP contribution in [0, 0.1) is 23.7 Å². The Morgan fingerprint density at radius 1 is 1.26 bits per heavy atom. The third-order valence-electron chi connectivity index (χ3n) is 6.94. The van der Waals surface area contributed by atoms with E-state index in [0.717, 1.165) is 12.0 Å². The standard InChI is InChI=1S/C27H44O7/c1-7-16(2)26(32)33-23-14-19(28)12-18-9-8-17(3)22(25(18)23)11-10-21(34-27(4,5)6)13-20(29)15-24(30)31/h8-9,12,16-17,19-23,25,28-29H,7,10-11,13-15H2,1-6H3,(H,30,31)/t16-,17-,19+,20+,21+,22-,23-,25-/m0/s1. The van der Waals surface area contributed by atoms with Crippen LogP contribution in [-0.2, 0) is 19.1 Å². The van der Waals surface area contributed by atoms with Gasteiger partial charge in [-0.05, 0) is 57.4 Å². The third-order valence-corrected chi connectivity index (χ3v) is 6.94. The Kier molecular flexibility index (Phi) is 10.3. The predicted molar refractivity (Wildman–Crippen MR) is 130 cm³/mol. The van der Waals surface area contributed by atoms with Crippen LogP contribution in [0.1, 0.15) is 80.1 Å². The van der Waals surface area contributed by atoms with Crippen molar-refractivity contribution >= 4 is 11.9 Å². The topological polar surface area (TPSA) is 113 Å². The Balaban J connectivity index is 2.20. The molecule has 0 fully saturated rings. The van der Waals surface area contributed by atoms with Crippen molar-refractivity contribution in [2.45, 2.75) is 110 Å². The van der Waals surface area contributed by atoms with Gasteiger partial charge in [0.2, 0.25) is 0 Å². The fourth-order valence-corrected chi connectivity index (χ4v) is 5.11. The fraction of sp³-hybridized carbons (Fsp3) is 0.778. The van der Waals surface area contributed by atoms with Crippen molar-refractivity contribution in [1.29, 1.82) is 0 Å². The number of carboxylic acids is 1. The highest BCUT2D eigenvalue weighted by Gasteiger charge is 2.42. The van der Waals surface area contributed by atoms with Crippen LogP contribution in [0.2, 0.25) is 0 Å². The highest BCUT2D eigenvalue weighted by molar-refractivity contribution is 5.72. The molecule has 34 heavy (non-hydrogen) atoms. The summed E-state index contributed by atoms with van der Waals surface area (Å²) in [6.45, 7) is 11.8. The van der Waals surface area contributed by atoms with Gasteiger partial charge in [-0.3, -0.25) is 9.59 Å². The first kappa shape index (κ1) is 28.5. The van der Waals surface area contributed by atoms with Gasteiger partial charge in [-0.25, -0.2) is 0 Å². The minimum atomic E-state index is -1.03. The molecule has 0 spiro atoms. The molecule has 3 N–H and O–H groups in total. The second-order valence-electron chi connectivity index (χ2n) is 11.1. The first-order chi connectivity index (χ1) is 15.8. The molecule has 0 radical (unpaired) electrons. The van der Waals surface area contributed by atoms with Crippen molar-refractivity contribution in [2.75, 3.05) is 0 Å². The average molecular weight is 481 g/mol. The zero-order chi connectivity index (χ0) is 25.6. The van der Waals surface area contributed by atoms with Crippen molar-refractivity contribution in [3.8, 4) is 0 Å². The van der Waals surface area contributed by atoms with E-state index in [9.17, 15) is 19.8 Å². The largest absolute Gasteiger partial charge is 0.481 e. The van der Waals surface area contributed by atoms with Gasteiger partial charge in [0.25, 0.3) is 0 Å². The summed E-state index contributed by atoms with van der Waals surface area (Å²) in [6, 6.07) is 0. The number of aliphatic hydroxyl groups is 2. The van der Waals surface area contributed by atoms with Gasteiger partial charge in [-0.2, -0.15) is 0 Å². The van der Waals surface area contributed by atoms with Crippen LogP contribution < -0.4 is 0 Å². The number of aliphatic carboxylic acids is 1. The smallest absolute Gasteiger partial charge is 0.308 e. The van der Waals surface area contributed by atoms with Crippen LogP contribution in [0.5, 0.6) is 0 Å². The van der Waals surface area contributed by atoms with E-state index >= 15 is 0 Å². The Morgan fingerprint density at radius 2 is 1.94 bits per heavy atom. The van der Waals surface area contributed by atoms with Crippen LogP contribution in [0.4, 0.5) is 0 Å². The Bertz CT molecular complexity index is 751. The van der Waals surface area contributed by atoms with Crippen LogP contribution in [-0.4, -0.2) is 57.3 Å². The minimum absolute atomic E-state index is 0.0179. The fourth-order valence-electron chi connectivity index (χ4n) is 5.11. The molecule has 2 aliphatic rings. The van der Waals surface area contributed by atoms with Gasteiger partial charge < -0.3 is 24.8 Å². The second-order valence-corrected chi connectivity index (χ2v) is 11.1. The van der Waals surface area contributed by atoms with E-state index in [1.807, 2.05) is 46.8 Å². The number of carbonyl (C=O) groups excluding carboxylic acids is 1. The Labute approximate surface area is 204 Å². The number of allylic oxidation sites excluding steroid dienone is 2. The number of hydrogen-bond donors (Lipinski definition) is 3. The lowest BCUT2D eigenvalue weighted by Crippen LogP contribution is -2.43. The van der Waals surface area contributed by atoms with Crippen LogP contribution in [0.15, 0.2) is 23.8 Å². The molecule has 0 aliphatic heterocycles. The van der Waals surface area contributed by atoms with Crippen molar-refractivity contribution < 1.29 is 34.4 Å². The SMILES string of the molecule is CC[C@H](C)C(=O)O[C@H]1C[C@H](O)C=C2C=C[C@H](C)[C@H](CC[C@H](C[C@@H](O)CC(=O)O)OC(C)(C)C)[C@H]21. The molecule has 2 rings (SSSR count). The predicted octanol–water partition coefficient (Wildman–Crippen LogP) is 4.26. The van der Waals surface area contributed by atoms with Gasteiger partial charge in [-0.15, -0.1) is 0 Å². The molecule has 0 amide bonds. The first-order valence-corrected chi connectivity index (χ1v) is 12.7. The van der Waals surface area contributed by atoms with Crippen LogP contribution in [0.3, 0.4) is 0 Å². The van der Waals surface area contributed by atoms with Crippen LogP contribution in [0.25, 0.3) is 0 Å². The van der Waals surface area contributed by atoms with E-state index in [1.165, 1.54) is 0 Å². The van der Waals surface area contributed by atoms with Gasteiger partial charge >= 0.3 is 11.9 Å². The summed E-state index contributed by atoms with van der Waals surface area (Å²) >= 11 is 0. The number of hydrogen-bond acceptors (Lipinski definition) is 6. The van der Waals surface area contributed by atoms with E-state index in [0.29, 0.717) is 19.3 Å². The third kappa shape index (κ3) is 8.51. The van der Waals surface area contributed by atoms with Gasteiger partial charge in [0.05, 0.1) is 36.3 Å². The maximum absolute atomic E-state index is 12.6. The molecular formula is C27H44O7. The number of rotatable bonds is 11. The molecule has 0 heterocycles. The van der Waals surface area contributed by atoms with Gasteiger partial charge in [0, 0.05) is 18.8 Å². The lowest BCUT2D eigenvalue weighted by molar-refractivity contribution is -0.159. The molecule has 0 aromatic heterocycles. The summed E-state index contributed by atoms with van der Waals surface area (Å²) in [7, 11) is 0. The lowest BCUT2D eigenvalue weighted by atomic mass is 9.66. The number of aliphatic hydroxyl groups excluding tert-OH is 2. The van der Waals surface area contributed by atoms with Crippen molar-refractivity contribution in [2.24, 2.45) is 23.7 Å². The van der Waals surface area contributed by atoms with Crippen molar-refractivity contribution in [3.05, 3.63) is 23.8 Å². The first-order valence-electron chi connectivity index (χ1n) is 12.7. The quantitative estimate of drug-likeness (QED) is 0.379. The number of fused-ring (bicyclic) bond motifs is 1. The second kappa shape index (κ2) is 12.3. The summed E-state index contributed by atoms with van der Waals surface area (Å²) < 4.78 is 12.1. The number of carbonyl (C=O) groups is 2. The summed E-state index contributed by atoms with van der Waals surface area (Å²) in [5.74, 6) is -1.07. The molecule has 0 saturated carbocycles. The Morgan fingerprint density at radius 3 is 2.53 bits per heavy atom. The molecule has 0 unspecified atom stereocenters. The van der Waals surface area contributed by atoms with E-state index in [4.69, 9.17) is 14.6 Å². The maximum atomic E-state index is 12.6. The van der Waals surface area contributed by atoms with Crippen molar-refractivity contribution in [3.63, 3.8) is 0 Å². The summed E-state index contributed by atoms with van der Waals surface area (Å²) in [5.41, 5.74) is 0.572. The zero-order valence-corrected chi connectivity index (χ0v) is 21.6. The summed E-state index contributed by atoms with van der Waals surface area (Å²) in [5, 5.41) is 29.7. The molecule has 2 aliphatic carbocycles. The molecule has 0 aromatic carbocycles. The normalized spacial score (nSPS) is 29.5. The van der Waals surface area contributed by atoms with Gasteiger partial charge in [-0.1, -0.05) is 39.0 Å². The highest BCUT2D eigenvalue weighted by atomic mass is 16.5. The van der Waals surface area contributed by atoms with Gasteiger partial charge in [0.15, 0.2) is 0 Å². The zero-order valence-electron chi connectivity index (χ0n) is 21.6. The summed E-state index contributed by atoms with van der Waals surface area (Å²) in [4.78, 5) is 23.6.